The van der Waals surface area contributed by atoms with Gasteiger partial charge in [0.1, 0.15) is 23.6 Å². The highest BCUT2D eigenvalue weighted by atomic mass is 16.5. The van der Waals surface area contributed by atoms with Gasteiger partial charge in [-0.25, -0.2) is 9.48 Å². The Labute approximate surface area is 172 Å². The van der Waals surface area contributed by atoms with Gasteiger partial charge in [-0.3, -0.25) is 4.79 Å². The topological polar surface area (TPSA) is 95.3 Å². The predicted molar refractivity (Wildman–Crippen MR) is 111 cm³/mol. The van der Waals surface area contributed by atoms with Crippen LogP contribution in [-0.4, -0.2) is 34.0 Å². The standard InChI is InChI=1S/C22H18N4O4/c1-29-20-9-5-2-6-17(20)22(28)23-15-10-12-16(13-11-15)30-21(27)14-26-19-8-4-3-7-18(19)24-25-26/h2-13H,14H2,1H3,(H,23,28). The number of nitrogens with one attached hydrogen (secondary N) is 1. The van der Waals surface area contributed by atoms with Crippen LogP contribution in [0.1, 0.15) is 10.4 Å². The number of carbonyl (C=O) groups excluding carboxylic acids is 2. The molecule has 8 heteroatoms. The van der Waals surface area contributed by atoms with Gasteiger partial charge in [-0.05, 0) is 48.5 Å². The maximum atomic E-state index is 12.4. The first-order chi connectivity index (χ1) is 14.6. The molecule has 1 heterocycles. The Kier molecular flexibility index (Phi) is 5.38. The summed E-state index contributed by atoms with van der Waals surface area (Å²) < 4.78 is 12.1. The van der Waals surface area contributed by atoms with Crippen LogP contribution in [0.25, 0.3) is 11.0 Å². The minimum atomic E-state index is -0.475. The van der Waals surface area contributed by atoms with Crippen LogP contribution < -0.4 is 14.8 Å². The van der Waals surface area contributed by atoms with E-state index >= 15 is 0 Å². The lowest BCUT2D eigenvalue weighted by atomic mass is 10.2. The molecule has 1 amide bonds. The van der Waals surface area contributed by atoms with E-state index < -0.39 is 5.97 Å². The summed E-state index contributed by atoms with van der Waals surface area (Å²) in [6, 6.07) is 20.8. The molecule has 1 N–H and O–H groups in total. The molecule has 0 aliphatic carbocycles. The molecule has 8 nitrogen and oxygen atoms in total. The number of fused-ring (bicyclic) bond motifs is 1. The summed E-state index contributed by atoms with van der Waals surface area (Å²) in [5.41, 5.74) is 2.45. The minimum absolute atomic E-state index is 0.0627. The maximum Gasteiger partial charge on any atom is 0.333 e. The number of hydrogen-bond donors (Lipinski definition) is 1. The third kappa shape index (κ3) is 4.12. The van der Waals surface area contributed by atoms with E-state index in [0.717, 1.165) is 5.52 Å². The van der Waals surface area contributed by atoms with Crippen molar-refractivity contribution in [1.82, 2.24) is 15.0 Å². The van der Waals surface area contributed by atoms with E-state index in [0.29, 0.717) is 28.3 Å². The van der Waals surface area contributed by atoms with Crippen molar-refractivity contribution in [2.24, 2.45) is 0 Å². The molecule has 0 aliphatic heterocycles. The minimum Gasteiger partial charge on any atom is -0.496 e. The van der Waals surface area contributed by atoms with Gasteiger partial charge in [0.15, 0.2) is 0 Å². The first kappa shape index (κ1) is 19.1. The van der Waals surface area contributed by atoms with E-state index in [4.69, 9.17) is 9.47 Å². The molecular formula is C22H18N4O4. The molecule has 0 saturated heterocycles. The van der Waals surface area contributed by atoms with Gasteiger partial charge < -0.3 is 14.8 Å². The van der Waals surface area contributed by atoms with E-state index in [1.54, 1.807) is 48.5 Å². The molecular weight excluding hydrogens is 384 g/mol. The Morgan fingerprint density at radius 1 is 0.967 bits per heavy atom. The number of methoxy groups -OCH3 is 1. The summed E-state index contributed by atoms with van der Waals surface area (Å²) in [5, 5.41) is 10.8. The maximum absolute atomic E-state index is 12.4. The summed E-state index contributed by atoms with van der Waals surface area (Å²) in [5.74, 6) is 0.0765. The largest absolute Gasteiger partial charge is 0.496 e. The number of rotatable bonds is 6. The fraction of sp³-hybridized carbons (Fsp3) is 0.0909. The highest BCUT2D eigenvalue weighted by molar-refractivity contribution is 6.06. The average Bonchev–Trinajstić information content (AvgIpc) is 3.17. The third-order valence-electron chi connectivity index (χ3n) is 4.39. The van der Waals surface area contributed by atoms with E-state index in [1.165, 1.54) is 11.8 Å². The van der Waals surface area contributed by atoms with E-state index in [1.807, 2.05) is 24.3 Å². The van der Waals surface area contributed by atoms with Crippen molar-refractivity contribution < 1.29 is 19.1 Å². The second kappa shape index (κ2) is 8.44. The zero-order valence-electron chi connectivity index (χ0n) is 16.1. The zero-order valence-corrected chi connectivity index (χ0v) is 16.1. The number of esters is 1. The molecule has 0 bridgehead atoms. The molecule has 30 heavy (non-hydrogen) atoms. The highest BCUT2D eigenvalue weighted by Gasteiger charge is 2.13. The number of hydrogen-bond acceptors (Lipinski definition) is 6. The summed E-state index contributed by atoms with van der Waals surface area (Å²) in [6.45, 7) is -0.0627. The number of aromatic nitrogens is 3. The molecule has 0 radical (unpaired) electrons. The molecule has 0 saturated carbocycles. The third-order valence-corrected chi connectivity index (χ3v) is 4.39. The average molecular weight is 402 g/mol. The molecule has 4 rings (SSSR count). The van der Waals surface area contributed by atoms with Crippen molar-refractivity contribution in [2.75, 3.05) is 12.4 Å². The van der Waals surface area contributed by atoms with Gasteiger partial charge in [-0.2, -0.15) is 0 Å². The Bertz CT molecular complexity index is 1200. The van der Waals surface area contributed by atoms with Crippen LogP contribution in [0.5, 0.6) is 11.5 Å². The predicted octanol–water partition coefficient (Wildman–Crippen LogP) is 3.30. The first-order valence-corrected chi connectivity index (χ1v) is 9.17. The van der Waals surface area contributed by atoms with Crippen LogP contribution in [0.3, 0.4) is 0 Å². The normalized spacial score (nSPS) is 10.6. The summed E-state index contributed by atoms with van der Waals surface area (Å²) in [4.78, 5) is 24.7. The quantitative estimate of drug-likeness (QED) is 0.393. The van der Waals surface area contributed by atoms with Gasteiger partial charge in [-0.1, -0.05) is 29.5 Å². The SMILES string of the molecule is COc1ccccc1C(=O)Nc1ccc(OC(=O)Cn2nnc3ccccc32)cc1. The van der Waals surface area contributed by atoms with Crippen LogP contribution in [0, 0.1) is 0 Å². The van der Waals surface area contributed by atoms with Crippen molar-refractivity contribution >= 4 is 28.6 Å². The summed E-state index contributed by atoms with van der Waals surface area (Å²) in [7, 11) is 1.51. The molecule has 150 valence electrons. The lowest BCUT2D eigenvalue weighted by molar-refractivity contribution is -0.135. The summed E-state index contributed by atoms with van der Waals surface area (Å²) >= 11 is 0. The van der Waals surface area contributed by atoms with Crippen molar-refractivity contribution in [1.29, 1.82) is 0 Å². The molecule has 0 atom stereocenters. The number of nitrogens with zero attached hydrogens (tertiary/aromatic N) is 3. The molecule has 0 unspecified atom stereocenters. The molecule has 1 aromatic heterocycles. The van der Waals surface area contributed by atoms with Crippen LogP contribution in [0.15, 0.2) is 72.8 Å². The second-order valence-corrected chi connectivity index (χ2v) is 6.39. The van der Waals surface area contributed by atoms with Gasteiger partial charge in [0.05, 0.1) is 18.2 Å². The van der Waals surface area contributed by atoms with Crippen LogP contribution in [-0.2, 0) is 11.3 Å². The lowest BCUT2D eigenvalue weighted by Gasteiger charge is -2.10. The molecule has 4 aromatic rings. The van der Waals surface area contributed by atoms with E-state index in [-0.39, 0.29) is 12.5 Å². The Morgan fingerprint density at radius 2 is 1.70 bits per heavy atom. The van der Waals surface area contributed by atoms with Gasteiger partial charge in [0.25, 0.3) is 5.91 Å². The number of para-hydroxylation sites is 2. The van der Waals surface area contributed by atoms with Gasteiger partial charge in [0, 0.05) is 5.69 Å². The van der Waals surface area contributed by atoms with Gasteiger partial charge >= 0.3 is 5.97 Å². The number of carbonyl (C=O) groups is 2. The van der Waals surface area contributed by atoms with Crippen LogP contribution >= 0.6 is 0 Å². The molecule has 0 aliphatic rings. The smallest absolute Gasteiger partial charge is 0.333 e. The Balaban J connectivity index is 1.38. The zero-order chi connectivity index (χ0) is 20.9. The lowest BCUT2D eigenvalue weighted by Crippen LogP contribution is -2.17. The number of amides is 1. The van der Waals surface area contributed by atoms with Crippen LogP contribution in [0.4, 0.5) is 5.69 Å². The molecule has 0 fully saturated rings. The number of anilines is 1. The summed E-state index contributed by atoms with van der Waals surface area (Å²) in [6.07, 6.45) is 0. The monoisotopic (exact) mass is 402 g/mol. The van der Waals surface area contributed by atoms with E-state index in [2.05, 4.69) is 15.6 Å². The fourth-order valence-electron chi connectivity index (χ4n) is 2.96. The van der Waals surface area contributed by atoms with Gasteiger partial charge in [-0.15, -0.1) is 5.10 Å². The van der Waals surface area contributed by atoms with Crippen LogP contribution in [0.2, 0.25) is 0 Å². The second-order valence-electron chi connectivity index (χ2n) is 6.39. The fourth-order valence-corrected chi connectivity index (χ4v) is 2.96. The van der Waals surface area contributed by atoms with Crippen molar-refractivity contribution in [3.63, 3.8) is 0 Å². The first-order valence-electron chi connectivity index (χ1n) is 9.17. The van der Waals surface area contributed by atoms with Gasteiger partial charge in [0.2, 0.25) is 0 Å². The van der Waals surface area contributed by atoms with Crippen molar-refractivity contribution in [3.05, 3.63) is 78.4 Å². The molecule has 3 aromatic carbocycles. The Morgan fingerprint density at radius 3 is 2.50 bits per heavy atom. The van der Waals surface area contributed by atoms with Crippen molar-refractivity contribution in [3.8, 4) is 11.5 Å². The molecule has 0 spiro atoms. The number of ether oxygens (including phenoxy) is 2. The highest BCUT2D eigenvalue weighted by Crippen LogP contribution is 2.21. The van der Waals surface area contributed by atoms with Crippen molar-refractivity contribution in [2.45, 2.75) is 6.54 Å². The van der Waals surface area contributed by atoms with E-state index in [9.17, 15) is 9.59 Å². The Hall–Kier alpha value is -4.20. The number of benzene rings is 3.